The number of fused-ring (bicyclic) bond motifs is 1. The van der Waals surface area contributed by atoms with E-state index in [1.54, 1.807) is 11.1 Å². The number of hydrogen-bond donors (Lipinski definition) is 1. The Bertz CT molecular complexity index is 354. The molecule has 1 nitrogen and oxygen atoms in total. The normalized spacial score (nSPS) is 23.6. The summed E-state index contributed by atoms with van der Waals surface area (Å²) in [4.78, 5) is 0. The Balaban J connectivity index is 1.67. The van der Waals surface area contributed by atoms with Gasteiger partial charge in [-0.1, -0.05) is 31.2 Å². The van der Waals surface area contributed by atoms with Gasteiger partial charge in [0.05, 0.1) is 0 Å². The van der Waals surface area contributed by atoms with Crippen molar-refractivity contribution < 1.29 is 0 Å². The summed E-state index contributed by atoms with van der Waals surface area (Å²) in [5, 5.41) is 3.48. The predicted octanol–water partition coefficient (Wildman–Crippen LogP) is 3.04. The minimum absolute atomic E-state index is 0.893. The van der Waals surface area contributed by atoms with Crippen molar-refractivity contribution in [1.82, 2.24) is 5.32 Å². The maximum atomic E-state index is 3.48. The molecule has 0 aromatic heterocycles. The van der Waals surface area contributed by atoms with E-state index >= 15 is 0 Å². The van der Waals surface area contributed by atoms with E-state index in [2.05, 4.69) is 36.5 Å². The Morgan fingerprint density at radius 3 is 2.18 bits per heavy atom. The van der Waals surface area contributed by atoms with Gasteiger partial charge in [-0.15, -0.1) is 0 Å². The molecule has 1 heteroatoms. The molecular weight excluding hydrogens is 206 g/mol. The van der Waals surface area contributed by atoms with Gasteiger partial charge in [0.2, 0.25) is 0 Å². The molecule has 1 heterocycles. The highest BCUT2D eigenvalue weighted by atomic mass is 14.9. The molecule has 3 rings (SSSR count). The summed E-state index contributed by atoms with van der Waals surface area (Å²) in [6, 6.07) is 9.03. The van der Waals surface area contributed by atoms with Gasteiger partial charge in [0, 0.05) is 0 Å². The average Bonchev–Trinajstić information content (AvgIpc) is 2.82. The lowest BCUT2D eigenvalue weighted by atomic mass is 9.77. The lowest BCUT2D eigenvalue weighted by Crippen LogP contribution is -2.33. The minimum atomic E-state index is 0.893. The molecule has 1 aromatic rings. The fraction of sp³-hybridized carbons (Fsp3) is 0.625. The average molecular weight is 229 g/mol. The Labute approximate surface area is 105 Å². The Kier molecular flexibility index (Phi) is 3.19. The molecule has 1 fully saturated rings. The zero-order chi connectivity index (χ0) is 11.7. The molecule has 1 unspecified atom stereocenters. The first-order valence-electron chi connectivity index (χ1n) is 7.12. The van der Waals surface area contributed by atoms with Crippen LogP contribution in [-0.2, 0) is 12.8 Å². The first-order valence-corrected chi connectivity index (χ1v) is 7.12. The van der Waals surface area contributed by atoms with E-state index in [9.17, 15) is 0 Å². The number of hydrogen-bond acceptors (Lipinski definition) is 1. The highest BCUT2D eigenvalue weighted by Gasteiger charge is 2.31. The maximum absolute atomic E-state index is 3.48. The SMILES string of the molecule is CC(C1CCNCC1)C1Cc2ccccc2C1. The molecule has 0 spiro atoms. The van der Waals surface area contributed by atoms with Crippen molar-refractivity contribution in [3.63, 3.8) is 0 Å². The molecule has 0 saturated carbocycles. The summed E-state index contributed by atoms with van der Waals surface area (Å²) in [6.07, 6.45) is 5.41. The third-order valence-corrected chi connectivity index (χ3v) is 4.95. The smallest absolute Gasteiger partial charge is 0.00462 e. The second-order valence-corrected chi connectivity index (χ2v) is 5.88. The molecular formula is C16H23N. The topological polar surface area (TPSA) is 12.0 Å². The third-order valence-electron chi connectivity index (χ3n) is 4.95. The summed E-state index contributed by atoms with van der Waals surface area (Å²) < 4.78 is 0. The molecule has 17 heavy (non-hydrogen) atoms. The van der Waals surface area contributed by atoms with Crippen molar-refractivity contribution in [1.29, 1.82) is 0 Å². The fourth-order valence-electron chi connectivity index (χ4n) is 3.72. The van der Waals surface area contributed by atoms with Crippen LogP contribution in [-0.4, -0.2) is 13.1 Å². The largest absolute Gasteiger partial charge is 0.317 e. The van der Waals surface area contributed by atoms with Gasteiger partial charge < -0.3 is 5.32 Å². The molecule has 1 aromatic carbocycles. The van der Waals surface area contributed by atoms with Crippen LogP contribution < -0.4 is 5.32 Å². The van der Waals surface area contributed by atoms with Gasteiger partial charge in [-0.25, -0.2) is 0 Å². The first kappa shape index (κ1) is 11.3. The lowest BCUT2D eigenvalue weighted by Gasteiger charge is -2.32. The standard InChI is InChI=1S/C16H23N/c1-12(13-6-8-17-9-7-13)16-10-14-4-2-3-5-15(14)11-16/h2-5,12-13,16-17H,6-11H2,1H3. The van der Waals surface area contributed by atoms with Crippen LogP contribution >= 0.6 is 0 Å². The van der Waals surface area contributed by atoms with E-state index in [0.29, 0.717) is 0 Å². The van der Waals surface area contributed by atoms with E-state index in [1.165, 1.54) is 38.8 Å². The summed E-state index contributed by atoms with van der Waals surface area (Å²) in [6.45, 7) is 4.95. The quantitative estimate of drug-likeness (QED) is 0.822. The van der Waals surface area contributed by atoms with Gasteiger partial charge in [0.15, 0.2) is 0 Å². The molecule has 1 atom stereocenters. The van der Waals surface area contributed by atoms with Crippen molar-refractivity contribution in [2.24, 2.45) is 17.8 Å². The highest BCUT2D eigenvalue weighted by molar-refractivity contribution is 5.32. The summed E-state index contributed by atoms with van der Waals surface area (Å²) in [7, 11) is 0. The second-order valence-electron chi connectivity index (χ2n) is 5.88. The lowest BCUT2D eigenvalue weighted by molar-refractivity contribution is 0.206. The molecule has 0 bridgehead atoms. The zero-order valence-electron chi connectivity index (χ0n) is 10.8. The fourth-order valence-corrected chi connectivity index (χ4v) is 3.72. The van der Waals surface area contributed by atoms with Crippen LogP contribution in [0.15, 0.2) is 24.3 Å². The van der Waals surface area contributed by atoms with Crippen LogP contribution in [0.2, 0.25) is 0 Å². The maximum Gasteiger partial charge on any atom is -0.00462 e. The van der Waals surface area contributed by atoms with Gasteiger partial charge in [0.1, 0.15) is 0 Å². The summed E-state index contributed by atoms with van der Waals surface area (Å²) in [5.41, 5.74) is 3.22. The van der Waals surface area contributed by atoms with E-state index in [-0.39, 0.29) is 0 Å². The monoisotopic (exact) mass is 229 g/mol. The van der Waals surface area contributed by atoms with Gasteiger partial charge in [-0.2, -0.15) is 0 Å². The van der Waals surface area contributed by atoms with Crippen molar-refractivity contribution in [2.75, 3.05) is 13.1 Å². The number of rotatable bonds is 2. The number of benzene rings is 1. The molecule has 0 amide bonds. The van der Waals surface area contributed by atoms with Crippen molar-refractivity contribution in [3.05, 3.63) is 35.4 Å². The number of piperidine rings is 1. The van der Waals surface area contributed by atoms with Crippen LogP contribution in [0.25, 0.3) is 0 Å². The van der Waals surface area contributed by atoms with E-state index < -0.39 is 0 Å². The van der Waals surface area contributed by atoms with E-state index in [0.717, 1.165) is 17.8 Å². The van der Waals surface area contributed by atoms with E-state index in [4.69, 9.17) is 0 Å². The van der Waals surface area contributed by atoms with Crippen LogP contribution in [0, 0.1) is 17.8 Å². The summed E-state index contributed by atoms with van der Waals surface area (Å²) >= 11 is 0. The second kappa shape index (κ2) is 4.81. The van der Waals surface area contributed by atoms with Crippen LogP contribution in [0.1, 0.15) is 30.9 Å². The molecule has 1 aliphatic heterocycles. The van der Waals surface area contributed by atoms with Crippen LogP contribution in [0.4, 0.5) is 0 Å². The van der Waals surface area contributed by atoms with Gasteiger partial charge in [-0.05, 0) is 67.7 Å². The van der Waals surface area contributed by atoms with Crippen molar-refractivity contribution >= 4 is 0 Å². The van der Waals surface area contributed by atoms with Crippen LogP contribution in [0.5, 0.6) is 0 Å². The first-order chi connectivity index (χ1) is 8.34. The Hall–Kier alpha value is -0.820. The highest BCUT2D eigenvalue weighted by Crippen LogP contribution is 2.37. The predicted molar refractivity (Wildman–Crippen MR) is 72.1 cm³/mol. The van der Waals surface area contributed by atoms with Gasteiger partial charge in [-0.3, -0.25) is 0 Å². The van der Waals surface area contributed by atoms with Crippen LogP contribution in [0.3, 0.4) is 0 Å². The molecule has 0 radical (unpaired) electrons. The molecule has 1 aliphatic carbocycles. The molecule has 92 valence electrons. The van der Waals surface area contributed by atoms with Gasteiger partial charge in [0.25, 0.3) is 0 Å². The zero-order valence-corrected chi connectivity index (χ0v) is 10.8. The van der Waals surface area contributed by atoms with Gasteiger partial charge >= 0.3 is 0 Å². The van der Waals surface area contributed by atoms with Crippen molar-refractivity contribution in [3.8, 4) is 0 Å². The molecule has 2 aliphatic rings. The Morgan fingerprint density at radius 1 is 1.00 bits per heavy atom. The van der Waals surface area contributed by atoms with Crippen molar-refractivity contribution in [2.45, 2.75) is 32.6 Å². The minimum Gasteiger partial charge on any atom is -0.317 e. The number of nitrogens with one attached hydrogen (secondary N) is 1. The molecule has 1 saturated heterocycles. The third kappa shape index (κ3) is 2.26. The molecule has 1 N–H and O–H groups in total. The Morgan fingerprint density at radius 2 is 1.59 bits per heavy atom. The summed E-state index contributed by atoms with van der Waals surface area (Å²) in [5.74, 6) is 2.75. The van der Waals surface area contributed by atoms with E-state index in [1.807, 2.05) is 0 Å².